The van der Waals surface area contributed by atoms with Crippen molar-refractivity contribution in [2.45, 2.75) is 45.9 Å². The van der Waals surface area contributed by atoms with Gasteiger partial charge >= 0.3 is 0 Å². The molecule has 1 aliphatic heterocycles. The molecule has 1 aliphatic rings. The third kappa shape index (κ3) is 6.87. The number of hydrogen-bond acceptors (Lipinski definition) is 4. The Bertz CT molecular complexity index is 1860. The molecule has 2 heterocycles. The molecule has 218 valence electrons. The molecule has 0 bridgehead atoms. The van der Waals surface area contributed by atoms with Crippen LogP contribution in [0.25, 0.3) is 33.2 Å². The largest absolute Gasteiger partial charge is 0.256 e. The molecular formula is C39H40N2S2. The smallest absolute Gasteiger partial charge is 0.0722 e. The Morgan fingerprint density at radius 1 is 0.814 bits per heavy atom. The molecule has 4 aromatic carbocycles. The first-order chi connectivity index (χ1) is 21.0. The minimum absolute atomic E-state index is 0.927. The summed E-state index contributed by atoms with van der Waals surface area (Å²) in [5.74, 6) is 0. The zero-order chi connectivity index (χ0) is 30.9. The second kappa shape index (κ2) is 15.0. The lowest BCUT2D eigenvalue weighted by Gasteiger charge is -2.08. The van der Waals surface area contributed by atoms with Crippen molar-refractivity contribution in [3.8, 4) is 0 Å². The molecule has 43 heavy (non-hydrogen) atoms. The first kappa shape index (κ1) is 32.1. The zero-order valence-electron chi connectivity index (χ0n) is 25.9. The molecule has 0 amide bonds. The summed E-state index contributed by atoms with van der Waals surface area (Å²) in [5.41, 5.74) is 10.1. The van der Waals surface area contributed by atoms with Gasteiger partial charge in [0.2, 0.25) is 0 Å². The van der Waals surface area contributed by atoms with E-state index in [2.05, 4.69) is 149 Å². The van der Waals surface area contributed by atoms with E-state index in [-0.39, 0.29) is 0 Å². The number of fused-ring (bicyclic) bond motifs is 1. The Morgan fingerprint density at radius 3 is 2.33 bits per heavy atom. The summed E-state index contributed by atoms with van der Waals surface area (Å²) in [7, 11) is 0. The number of rotatable bonds is 6. The quantitative estimate of drug-likeness (QED) is 0.147. The van der Waals surface area contributed by atoms with E-state index in [1.165, 1.54) is 43.8 Å². The fourth-order valence-corrected chi connectivity index (χ4v) is 5.67. The van der Waals surface area contributed by atoms with Crippen LogP contribution in [-0.4, -0.2) is 17.0 Å². The summed E-state index contributed by atoms with van der Waals surface area (Å²) in [4.78, 5) is 10.7. The van der Waals surface area contributed by atoms with Crippen LogP contribution < -0.4 is 0 Å². The van der Waals surface area contributed by atoms with E-state index in [4.69, 9.17) is 9.98 Å². The van der Waals surface area contributed by atoms with Gasteiger partial charge in [-0.3, -0.25) is 4.98 Å². The van der Waals surface area contributed by atoms with Crippen LogP contribution >= 0.6 is 25.3 Å². The van der Waals surface area contributed by atoms with Crippen molar-refractivity contribution in [3.05, 3.63) is 137 Å². The topological polar surface area (TPSA) is 25.2 Å². The van der Waals surface area contributed by atoms with E-state index in [0.29, 0.717) is 0 Å². The van der Waals surface area contributed by atoms with Crippen LogP contribution in [0.1, 0.15) is 54.3 Å². The number of aromatic nitrogens is 1. The Balaban J connectivity index is 0.00000102. The van der Waals surface area contributed by atoms with Gasteiger partial charge < -0.3 is 0 Å². The monoisotopic (exact) mass is 600 g/mol. The van der Waals surface area contributed by atoms with Gasteiger partial charge in [-0.15, -0.1) is 12.6 Å². The molecule has 0 atom stereocenters. The van der Waals surface area contributed by atoms with E-state index < -0.39 is 0 Å². The maximum atomic E-state index is 4.99. The van der Waals surface area contributed by atoms with Crippen LogP contribution in [-0.2, 0) is 6.42 Å². The van der Waals surface area contributed by atoms with Crippen LogP contribution in [0.4, 0.5) is 5.69 Å². The Morgan fingerprint density at radius 2 is 1.58 bits per heavy atom. The van der Waals surface area contributed by atoms with Crippen molar-refractivity contribution in [2.75, 3.05) is 6.26 Å². The van der Waals surface area contributed by atoms with E-state index >= 15 is 0 Å². The van der Waals surface area contributed by atoms with Gasteiger partial charge in [0.15, 0.2) is 0 Å². The summed E-state index contributed by atoms with van der Waals surface area (Å²) in [6.45, 7) is 10.4. The van der Waals surface area contributed by atoms with Gasteiger partial charge in [-0.25, -0.2) is 4.99 Å². The van der Waals surface area contributed by atoms with E-state index in [1.807, 2.05) is 20.0 Å². The third-order valence-electron chi connectivity index (χ3n) is 7.44. The van der Waals surface area contributed by atoms with Crippen LogP contribution in [0.2, 0.25) is 0 Å². The summed E-state index contributed by atoms with van der Waals surface area (Å²) < 4.78 is 0. The molecule has 0 spiro atoms. The molecule has 0 saturated carbocycles. The van der Waals surface area contributed by atoms with Crippen molar-refractivity contribution in [2.24, 2.45) is 4.99 Å². The molecule has 0 N–H and O–H groups in total. The molecule has 4 heteroatoms. The third-order valence-corrected chi connectivity index (χ3v) is 7.83. The van der Waals surface area contributed by atoms with Gasteiger partial charge in [0.25, 0.3) is 0 Å². The zero-order valence-corrected chi connectivity index (χ0v) is 27.7. The van der Waals surface area contributed by atoms with Crippen LogP contribution in [0.15, 0.2) is 113 Å². The minimum atomic E-state index is 0.927. The highest BCUT2D eigenvalue weighted by Gasteiger charge is 2.18. The lowest BCUT2D eigenvalue weighted by atomic mass is 9.97. The van der Waals surface area contributed by atoms with Gasteiger partial charge in [0.1, 0.15) is 0 Å². The SMILES string of the molecule is CC.CCc1ccc2c3c(cccc13)C(/C=C/C(=C/C=Cc1cccc3c(S)ccc(C)c13)c1ccc(C)cn1)=N2.CS. The van der Waals surface area contributed by atoms with Gasteiger partial charge in [-0.1, -0.05) is 99.7 Å². The van der Waals surface area contributed by atoms with Crippen molar-refractivity contribution in [1.82, 2.24) is 4.98 Å². The van der Waals surface area contributed by atoms with E-state index in [1.54, 1.807) is 6.26 Å². The standard InChI is InChI=1S/C36H30N2S.C2H6.CH4S/c1-4-25-16-20-33-36-28(25)11-7-12-29(36)32(38-33)19-17-26(31-18-14-23(2)22-37-31)8-5-9-27-10-6-13-30-34(39)21-15-24(3)35(27)30;2*1-2/h5-22,39H,4H2,1-3H3;1-2H3;2H,1H3/b9-5?,19-17+,26-8-;;. The number of aliphatic imine (C=N–C) groups is 1. The second-order valence-electron chi connectivity index (χ2n) is 10.0. The number of pyridine rings is 1. The molecule has 0 radical (unpaired) electrons. The molecule has 5 aromatic rings. The highest BCUT2D eigenvalue weighted by Crippen LogP contribution is 2.38. The summed E-state index contributed by atoms with van der Waals surface area (Å²) in [6, 6.07) is 25.6. The molecule has 0 unspecified atom stereocenters. The lowest BCUT2D eigenvalue weighted by molar-refractivity contribution is 1.16. The van der Waals surface area contributed by atoms with E-state index in [9.17, 15) is 0 Å². The van der Waals surface area contributed by atoms with E-state index in [0.717, 1.165) is 39.5 Å². The number of allylic oxidation sites excluding steroid dienone is 5. The predicted molar refractivity (Wildman–Crippen MR) is 197 cm³/mol. The molecular weight excluding hydrogens is 561 g/mol. The molecule has 0 saturated heterocycles. The lowest BCUT2D eigenvalue weighted by Crippen LogP contribution is -1.94. The highest BCUT2D eigenvalue weighted by molar-refractivity contribution is 7.80. The van der Waals surface area contributed by atoms with Gasteiger partial charge in [-0.05, 0) is 89.2 Å². The second-order valence-corrected chi connectivity index (χ2v) is 10.5. The Kier molecular flexibility index (Phi) is 11.2. The Hall–Kier alpha value is -3.86. The van der Waals surface area contributed by atoms with Crippen molar-refractivity contribution in [1.29, 1.82) is 0 Å². The fraction of sp³-hybridized carbons (Fsp3) is 0.179. The van der Waals surface area contributed by atoms with Crippen molar-refractivity contribution >= 4 is 69.9 Å². The highest BCUT2D eigenvalue weighted by atomic mass is 32.1. The maximum absolute atomic E-state index is 4.99. The molecule has 0 aliphatic carbocycles. The van der Waals surface area contributed by atoms with Crippen LogP contribution in [0.5, 0.6) is 0 Å². The van der Waals surface area contributed by atoms with Crippen LogP contribution in [0, 0.1) is 13.8 Å². The number of aryl methyl sites for hydroxylation is 3. The average Bonchev–Trinajstić information content (AvgIpc) is 3.42. The normalized spacial score (nSPS) is 12.4. The van der Waals surface area contributed by atoms with Gasteiger partial charge in [0, 0.05) is 27.6 Å². The van der Waals surface area contributed by atoms with Gasteiger partial charge in [0.05, 0.1) is 17.1 Å². The summed E-state index contributed by atoms with van der Waals surface area (Å²) >= 11 is 8.20. The number of thiol groups is 2. The number of nitrogens with zero attached hydrogens (tertiary/aromatic N) is 2. The van der Waals surface area contributed by atoms with Crippen molar-refractivity contribution in [3.63, 3.8) is 0 Å². The number of benzene rings is 4. The fourth-order valence-electron chi connectivity index (χ4n) is 5.41. The summed E-state index contributed by atoms with van der Waals surface area (Å²) in [6.07, 6.45) is 15.3. The van der Waals surface area contributed by atoms with Crippen molar-refractivity contribution < 1.29 is 0 Å². The maximum Gasteiger partial charge on any atom is 0.0722 e. The molecule has 1 aromatic heterocycles. The molecule has 0 fully saturated rings. The van der Waals surface area contributed by atoms with Crippen LogP contribution in [0.3, 0.4) is 0 Å². The number of hydrogen-bond donors (Lipinski definition) is 2. The van der Waals surface area contributed by atoms with Gasteiger partial charge in [-0.2, -0.15) is 12.6 Å². The first-order valence-corrected chi connectivity index (χ1v) is 16.2. The predicted octanol–water partition coefficient (Wildman–Crippen LogP) is 11.2. The first-order valence-electron chi connectivity index (χ1n) is 14.8. The Labute approximate surface area is 267 Å². The minimum Gasteiger partial charge on any atom is -0.256 e. The molecule has 6 rings (SSSR count). The summed E-state index contributed by atoms with van der Waals surface area (Å²) in [5, 5.41) is 4.96. The molecule has 2 nitrogen and oxygen atoms in total. The average molecular weight is 601 g/mol.